The molecule has 0 aliphatic carbocycles. The second-order valence-electron chi connectivity index (χ2n) is 7.44. The van der Waals surface area contributed by atoms with Gasteiger partial charge >= 0.3 is 0 Å². The van der Waals surface area contributed by atoms with E-state index in [0.29, 0.717) is 22.7 Å². The molecule has 0 atom stereocenters. The number of amides is 1. The molecule has 0 saturated carbocycles. The predicted octanol–water partition coefficient (Wildman–Crippen LogP) is 4.43. The number of sulfonamides is 1. The molecule has 0 fully saturated rings. The van der Waals surface area contributed by atoms with E-state index in [0.717, 1.165) is 0 Å². The van der Waals surface area contributed by atoms with Gasteiger partial charge in [-0.2, -0.15) is 0 Å². The van der Waals surface area contributed by atoms with Crippen LogP contribution in [0.25, 0.3) is 0 Å². The molecule has 1 amide bonds. The number of nitrogens with zero attached hydrogens (tertiary/aromatic N) is 1. The molecule has 0 saturated heterocycles. The van der Waals surface area contributed by atoms with Gasteiger partial charge in [-0.05, 0) is 80.7 Å². The van der Waals surface area contributed by atoms with Crippen LogP contribution < -0.4 is 19.7 Å². The van der Waals surface area contributed by atoms with Gasteiger partial charge in [-0.3, -0.25) is 14.4 Å². The van der Waals surface area contributed by atoms with E-state index in [2.05, 4.69) is 10.6 Å². The first-order valence-corrected chi connectivity index (χ1v) is 12.0. The first-order valence-electron chi connectivity index (χ1n) is 10.2. The molecule has 3 rings (SSSR count). The molecule has 7 nitrogen and oxygen atoms in total. The Bertz CT molecular complexity index is 1230. The highest BCUT2D eigenvalue weighted by molar-refractivity contribution is 7.92. The molecular weight excluding hydrogens is 458 g/mol. The smallest absolute Gasteiger partial charge is 0.264 e. The van der Waals surface area contributed by atoms with Crippen LogP contribution in [0, 0.1) is 0 Å². The fourth-order valence-electron chi connectivity index (χ4n) is 2.97. The maximum absolute atomic E-state index is 12.9. The summed E-state index contributed by atoms with van der Waals surface area (Å²) in [7, 11) is -2.21. The van der Waals surface area contributed by atoms with Gasteiger partial charge in [-0.15, -0.1) is 0 Å². The lowest BCUT2D eigenvalue weighted by Gasteiger charge is -2.19. The number of rotatable bonds is 7. The van der Waals surface area contributed by atoms with E-state index in [1.54, 1.807) is 60.7 Å². The van der Waals surface area contributed by atoms with Crippen molar-refractivity contribution >= 4 is 44.6 Å². The highest BCUT2D eigenvalue weighted by Crippen LogP contribution is 2.23. The fourth-order valence-corrected chi connectivity index (χ4v) is 4.37. The second-order valence-corrected chi connectivity index (χ2v) is 9.81. The Morgan fingerprint density at radius 3 is 2.27 bits per heavy atom. The number of para-hydroxylation sites is 1. The van der Waals surface area contributed by atoms with E-state index in [-0.39, 0.29) is 22.0 Å². The van der Waals surface area contributed by atoms with Crippen LogP contribution in [0.2, 0.25) is 0 Å². The van der Waals surface area contributed by atoms with Crippen LogP contribution in [-0.4, -0.2) is 32.6 Å². The number of hydrogen-bond acceptors (Lipinski definition) is 5. The fraction of sp³-hybridized carbons (Fsp3) is 0.167. The van der Waals surface area contributed by atoms with Gasteiger partial charge in [0.2, 0.25) is 0 Å². The highest BCUT2D eigenvalue weighted by Gasteiger charge is 2.21. The molecule has 0 aliphatic rings. The molecule has 0 aromatic heterocycles. The van der Waals surface area contributed by atoms with Crippen molar-refractivity contribution in [3.05, 3.63) is 84.4 Å². The van der Waals surface area contributed by atoms with Gasteiger partial charge < -0.3 is 10.1 Å². The highest BCUT2D eigenvalue weighted by atomic mass is 32.2. The zero-order chi connectivity index (χ0) is 24.0. The third kappa shape index (κ3) is 6.30. The van der Waals surface area contributed by atoms with Gasteiger partial charge in [0.15, 0.2) is 5.11 Å². The Hall–Kier alpha value is -3.43. The quantitative estimate of drug-likeness (QED) is 0.484. The lowest BCUT2D eigenvalue weighted by atomic mass is 10.2. The lowest BCUT2D eigenvalue weighted by molar-refractivity contribution is 0.0977. The maximum Gasteiger partial charge on any atom is 0.264 e. The molecule has 0 heterocycles. The van der Waals surface area contributed by atoms with E-state index in [4.69, 9.17) is 17.0 Å². The minimum Gasteiger partial charge on any atom is -0.491 e. The summed E-state index contributed by atoms with van der Waals surface area (Å²) in [5, 5.41) is 5.59. The maximum atomic E-state index is 12.9. The molecule has 0 unspecified atom stereocenters. The van der Waals surface area contributed by atoms with Crippen molar-refractivity contribution in [2.75, 3.05) is 16.7 Å². The third-order valence-corrected chi connectivity index (χ3v) is 6.59. The number of benzene rings is 3. The Morgan fingerprint density at radius 2 is 1.64 bits per heavy atom. The molecule has 0 radical (unpaired) electrons. The normalized spacial score (nSPS) is 11.0. The van der Waals surface area contributed by atoms with Crippen molar-refractivity contribution in [3.8, 4) is 5.75 Å². The summed E-state index contributed by atoms with van der Waals surface area (Å²) in [6.45, 7) is 3.81. The number of hydrogen-bond donors (Lipinski definition) is 2. The summed E-state index contributed by atoms with van der Waals surface area (Å²) in [5.41, 5.74) is 1.51. The number of anilines is 2. The topological polar surface area (TPSA) is 87.7 Å². The summed E-state index contributed by atoms with van der Waals surface area (Å²) in [4.78, 5) is 12.6. The van der Waals surface area contributed by atoms with Gasteiger partial charge in [0.25, 0.3) is 15.9 Å². The first-order chi connectivity index (χ1) is 15.7. The Kier molecular flexibility index (Phi) is 7.67. The number of carbonyl (C=O) groups is 1. The summed E-state index contributed by atoms with van der Waals surface area (Å²) in [6, 6.07) is 21.8. The van der Waals surface area contributed by atoms with Crippen LogP contribution in [0.15, 0.2) is 83.8 Å². The van der Waals surface area contributed by atoms with Crippen molar-refractivity contribution in [2.24, 2.45) is 0 Å². The van der Waals surface area contributed by atoms with E-state index in [9.17, 15) is 13.2 Å². The summed E-state index contributed by atoms with van der Waals surface area (Å²) in [5.74, 6) is 0.208. The van der Waals surface area contributed by atoms with Gasteiger partial charge in [0.05, 0.1) is 16.7 Å². The second kappa shape index (κ2) is 10.5. The van der Waals surface area contributed by atoms with Crippen molar-refractivity contribution in [1.82, 2.24) is 5.32 Å². The van der Waals surface area contributed by atoms with E-state index < -0.39 is 10.0 Å². The Morgan fingerprint density at radius 1 is 0.970 bits per heavy atom. The van der Waals surface area contributed by atoms with Crippen molar-refractivity contribution in [1.29, 1.82) is 0 Å². The van der Waals surface area contributed by atoms with Gasteiger partial charge in [-0.25, -0.2) is 8.42 Å². The molecule has 2 N–H and O–H groups in total. The van der Waals surface area contributed by atoms with Crippen LogP contribution in [-0.2, 0) is 10.0 Å². The molecule has 3 aromatic rings. The molecule has 9 heteroatoms. The molecule has 172 valence electrons. The average molecular weight is 484 g/mol. The minimum absolute atomic E-state index is 0.00896. The molecule has 0 bridgehead atoms. The SMILES string of the molecule is CC(C)Oc1cccc(C(=O)NC(=S)Nc2ccc(S(=O)(=O)N(C)c3ccccc3)cc2)c1. The van der Waals surface area contributed by atoms with Crippen LogP contribution in [0.5, 0.6) is 5.75 Å². The zero-order valence-electron chi connectivity index (χ0n) is 18.5. The van der Waals surface area contributed by atoms with Gasteiger partial charge in [0.1, 0.15) is 5.75 Å². The molecule has 33 heavy (non-hydrogen) atoms. The van der Waals surface area contributed by atoms with Crippen molar-refractivity contribution < 1.29 is 17.9 Å². The average Bonchev–Trinajstić information content (AvgIpc) is 2.79. The Labute approximate surface area is 199 Å². The largest absolute Gasteiger partial charge is 0.491 e. The van der Waals surface area contributed by atoms with Crippen LogP contribution >= 0.6 is 12.2 Å². The number of nitrogens with one attached hydrogen (secondary N) is 2. The van der Waals surface area contributed by atoms with Crippen LogP contribution in [0.1, 0.15) is 24.2 Å². The number of thiocarbonyl (C=S) groups is 1. The van der Waals surface area contributed by atoms with Crippen molar-refractivity contribution in [2.45, 2.75) is 24.8 Å². The predicted molar refractivity (Wildman–Crippen MR) is 134 cm³/mol. The molecular formula is C24H25N3O4S2. The standard InChI is InChI=1S/C24H25N3O4S2/c1-17(2)31-21-11-7-8-18(16-21)23(28)26-24(32)25-19-12-14-22(15-13-19)33(29,30)27(3)20-9-5-4-6-10-20/h4-17H,1-3H3,(H2,25,26,28,32). The first kappa shape index (κ1) is 24.2. The summed E-state index contributed by atoms with van der Waals surface area (Å²) in [6.07, 6.45) is -0.00896. The van der Waals surface area contributed by atoms with Crippen LogP contribution in [0.4, 0.5) is 11.4 Å². The van der Waals surface area contributed by atoms with Crippen molar-refractivity contribution in [3.63, 3.8) is 0 Å². The van der Waals surface area contributed by atoms with Gasteiger partial charge in [0, 0.05) is 18.3 Å². The number of carbonyl (C=O) groups excluding carboxylic acids is 1. The molecule has 3 aromatic carbocycles. The van der Waals surface area contributed by atoms with E-state index in [1.165, 1.54) is 23.5 Å². The summed E-state index contributed by atoms with van der Waals surface area (Å²) < 4.78 is 32.6. The van der Waals surface area contributed by atoms with E-state index >= 15 is 0 Å². The molecule has 0 aliphatic heterocycles. The van der Waals surface area contributed by atoms with Crippen LogP contribution in [0.3, 0.4) is 0 Å². The van der Waals surface area contributed by atoms with Gasteiger partial charge in [-0.1, -0.05) is 24.3 Å². The minimum atomic E-state index is -3.71. The molecule has 0 spiro atoms. The summed E-state index contributed by atoms with van der Waals surface area (Å²) >= 11 is 5.23. The monoisotopic (exact) mass is 483 g/mol. The zero-order valence-corrected chi connectivity index (χ0v) is 20.1. The lowest BCUT2D eigenvalue weighted by Crippen LogP contribution is -2.34. The third-order valence-electron chi connectivity index (χ3n) is 4.59. The number of ether oxygens (including phenoxy) is 1. The Balaban J connectivity index is 1.64. The van der Waals surface area contributed by atoms with E-state index in [1.807, 2.05) is 19.9 Å².